The molecule has 3 amide bonds. The maximum Gasteiger partial charge on any atom is 0.242 e. The Balaban J connectivity index is 1.30. The summed E-state index contributed by atoms with van der Waals surface area (Å²) in [7, 11) is 0. The molecule has 0 aromatic heterocycles. The fraction of sp³-hybridized carbons (Fsp3) is 0.318. The van der Waals surface area contributed by atoms with Crippen LogP contribution in [0.5, 0.6) is 0 Å². The Morgan fingerprint density at radius 2 is 1.66 bits per heavy atom. The summed E-state index contributed by atoms with van der Waals surface area (Å²) in [5.74, 6) is -1.14. The number of amides is 3. The molecule has 7 nitrogen and oxygen atoms in total. The number of carbonyl (C=O) groups excluding carboxylic acids is 3. The predicted molar refractivity (Wildman–Crippen MR) is 111 cm³/mol. The molecule has 1 atom stereocenters. The van der Waals surface area contributed by atoms with E-state index < -0.39 is 5.92 Å². The molecule has 0 saturated carbocycles. The highest BCUT2D eigenvalue weighted by atomic mass is 16.2. The molecular weight excluding hydrogens is 368 g/mol. The molecule has 2 N–H and O–H groups in total. The van der Waals surface area contributed by atoms with Gasteiger partial charge in [-0.15, -0.1) is 0 Å². The van der Waals surface area contributed by atoms with Gasteiger partial charge in [-0.25, -0.2) is 0 Å². The van der Waals surface area contributed by atoms with Gasteiger partial charge < -0.3 is 20.4 Å². The number of carbonyl (C=O) groups is 3. The number of para-hydroxylation sites is 2. The first-order chi connectivity index (χ1) is 14.1. The van der Waals surface area contributed by atoms with Gasteiger partial charge in [-0.1, -0.05) is 36.4 Å². The van der Waals surface area contributed by atoms with Crippen LogP contribution in [-0.2, 0) is 14.4 Å². The number of rotatable bonds is 4. The van der Waals surface area contributed by atoms with Crippen LogP contribution >= 0.6 is 0 Å². The molecule has 4 rings (SSSR count). The summed E-state index contributed by atoms with van der Waals surface area (Å²) in [4.78, 5) is 41.1. The van der Waals surface area contributed by atoms with Gasteiger partial charge in [-0.05, 0) is 23.8 Å². The van der Waals surface area contributed by atoms with Crippen molar-refractivity contribution >= 4 is 29.1 Å². The molecule has 150 valence electrons. The minimum absolute atomic E-state index is 0.0511. The Bertz CT molecular complexity index is 907. The highest BCUT2D eigenvalue weighted by Crippen LogP contribution is 2.31. The zero-order valence-corrected chi connectivity index (χ0v) is 16.1. The fourth-order valence-electron chi connectivity index (χ4n) is 3.90. The molecule has 0 bridgehead atoms. The van der Waals surface area contributed by atoms with Crippen LogP contribution in [0.2, 0.25) is 0 Å². The van der Waals surface area contributed by atoms with Crippen molar-refractivity contribution in [3.63, 3.8) is 0 Å². The van der Waals surface area contributed by atoms with Crippen molar-refractivity contribution in [2.45, 2.75) is 12.3 Å². The number of anilines is 2. The molecule has 1 fully saturated rings. The van der Waals surface area contributed by atoms with Gasteiger partial charge in [0.2, 0.25) is 17.7 Å². The van der Waals surface area contributed by atoms with E-state index in [-0.39, 0.29) is 30.7 Å². The summed E-state index contributed by atoms with van der Waals surface area (Å²) in [6, 6.07) is 17.4. The van der Waals surface area contributed by atoms with Crippen molar-refractivity contribution in [1.82, 2.24) is 10.2 Å². The zero-order valence-electron chi connectivity index (χ0n) is 16.1. The van der Waals surface area contributed by atoms with Crippen LogP contribution in [-0.4, -0.2) is 55.3 Å². The quantitative estimate of drug-likeness (QED) is 0.828. The van der Waals surface area contributed by atoms with Crippen LogP contribution in [0.25, 0.3) is 0 Å². The van der Waals surface area contributed by atoms with Crippen molar-refractivity contribution in [3.8, 4) is 0 Å². The lowest BCUT2D eigenvalue weighted by Crippen LogP contribution is -2.51. The van der Waals surface area contributed by atoms with Crippen LogP contribution in [0.3, 0.4) is 0 Å². The van der Waals surface area contributed by atoms with E-state index in [0.29, 0.717) is 18.8 Å². The third-order valence-electron chi connectivity index (χ3n) is 5.48. The highest BCUT2D eigenvalue weighted by molar-refractivity contribution is 6.01. The normalized spacial score (nSPS) is 18.6. The van der Waals surface area contributed by atoms with Gasteiger partial charge in [0.1, 0.15) is 0 Å². The summed E-state index contributed by atoms with van der Waals surface area (Å²) in [5.41, 5.74) is 2.60. The van der Waals surface area contributed by atoms with Crippen LogP contribution in [0.4, 0.5) is 11.4 Å². The molecule has 0 spiro atoms. The molecule has 1 unspecified atom stereocenters. The third kappa shape index (κ3) is 4.23. The molecule has 29 heavy (non-hydrogen) atoms. The van der Waals surface area contributed by atoms with Crippen molar-refractivity contribution in [3.05, 3.63) is 60.2 Å². The number of nitrogens with one attached hydrogen (secondary N) is 2. The smallest absolute Gasteiger partial charge is 0.242 e. The summed E-state index contributed by atoms with van der Waals surface area (Å²) in [6.07, 6.45) is 0.0901. The molecule has 1 saturated heterocycles. The molecule has 0 radical (unpaired) electrons. The van der Waals surface area contributed by atoms with E-state index in [9.17, 15) is 14.4 Å². The number of benzene rings is 2. The van der Waals surface area contributed by atoms with Crippen LogP contribution in [0.15, 0.2) is 54.6 Å². The van der Waals surface area contributed by atoms with Crippen LogP contribution in [0, 0.1) is 0 Å². The van der Waals surface area contributed by atoms with Gasteiger partial charge in [0.05, 0.1) is 12.5 Å². The number of hydrogen-bond acceptors (Lipinski definition) is 4. The third-order valence-corrected chi connectivity index (χ3v) is 5.48. The van der Waals surface area contributed by atoms with Crippen molar-refractivity contribution in [2.75, 3.05) is 42.9 Å². The van der Waals surface area contributed by atoms with Gasteiger partial charge in [-0.3, -0.25) is 14.4 Å². The van der Waals surface area contributed by atoms with E-state index in [1.54, 1.807) is 11.0 Å². The van der Waals surface area contributed by atoms with Crippen molar-refractivity contribution in [1.29, 1.82) is 0 Å². The van der Waals surface area contributed by atoms with E-state index in [1.165, 1.54) is 0 Å². The molecule has 2 heterocycles. The lowest BCUT2D eigenvalue weighted by Gasteiger charge is -2.36. The van der Waals surface area contributed by atoms with E-state index in [0.717, 1.165) is 24.3 Å². The minimum atomic E-state index is -0.567. The van der Waals surface area contributed by atoms with E-state index in [2.05, 4.69) is 27.7 Å². The van der Waals surface area contributed by atoms with Gasteiger partial charge >= 0.3 is 0 Å². The molecule has 7 heteroatoms. The first-order valence-corrected chi connectivity index (χ1v) is 9.86. The van der Waals surface area contributed by atoms with Crippen molar-refractivity contribution in [2.24, 2.45) is 0 Å². The first-order valence-electron chi connectivity index (χ1n) is 9.86. The second-order valence-corrected chi connectivity index (χ2v) is 7.31. The SMILES string of the molecule is O=C1CC(C(=O)NCC(=O)N2CCN(c3ccccc3)CC2)c2ccccc2N1. The Hall–Kier alpha value is -3.35. The summed E-state index contributed by atoms with van der Waals surface area (Å²) in [6.45, 7) is 2.72. The Labute approximate surface area is 169 Å². The number of hydrogen-bond donors (Lipinski definition) is 2. The Kier molecular flexibility index (Phi) is 5.46. The van der Waals surface area contributed by atoms with E-state index in [1.807, 2.05) is 36.4 Å². The van der Waals surface area contributed by atoms with E-state index in [4.69, 9.17) is 0 Å². The van der Waals surface area contributed by atoms with Crippen LogP contribution < -0.4 is 15.5 Å². The summed E-state index contributed by atoms with van der Waals surface area (Å²) < 4.78 is 0. The summed E-state index contributed by atoms with van der Waals surface area (Å²) >= 11 is 0. The maximum absolute atomic E-state index is 12.7. The maximum atomic E-state index is 12.7. The number of nitrogens with zero attached hydrogens (tertiary/aromatic N) is 2. The van der Waals surface area contributed by atoms with Gasteiger partial charge in [0.15, 0.2) is 0 Å². The highest BCUT2D eigenvalue weighted by Gasteiger charge is 2.31. The Morgan fingerprint density at radius 1 is 0.966 bits per heavy atom. The van der Waals surface area contributed by atoms with Crippen molar-refractivity contribution < 1.29 is 14.4 Å². The lowest BCUT2D eigenvalue weighted by atomic mass is 9.90. The Morgan fingerprint density at radius 3 is 2.41 bits per heavy atom. The standard InChI is InChI=1S/C22H24N4O3/c27-20-14-18(17-8-4-5-9-19(17)24-20)22(29)23-15-21(28)26-12-10-25(11-13-26)16-6-2-1-3-7-16/h1-9,18H,10-15H2,(H,23,29)(H,24,27). The average molecular weight is 392 g/mol. The molecule has 2 aromatic rings. The van der Waals surface area contributed by atoms with Crippen LogP contribution in [0.1, 0.15) is 17.9 Å². The lowest BCUT2D eigenvalue weighted by molar-refractivity contribution is -0.133. The monoisotopic (exact) mass is 392 g/mol. The zero-order chi connectivity index (χ0) is 20.2. The largest absolute Gasteiger partial charge is 0.368 e. The van der Waals surface area contributed by atoms with Gasteiger partial charge in [0.25, 0.3) is 0 Å². The van der Waals surface area contributed by atoms with E-state index >= 15 is 0 Å². The number of piperazine rings is 1. The molecule has 0 aliphatic carbocycles. The molecule has 2 aromatic carbocycles. The van der Waals surface area contributed by atoms with Gasteiger partial charge in [0, 0.05) is 44.0 Å². The second-order valence-electron chi connectivity index (χ2n) is 7.31. The number of fused-ring (bicyclic) bond motifs is 1. The summed E-state index contributed by atoms with van der Waals surface area (Å²) in [5, 5.41) is 5.51. The van der Waals surface area contributed by atoms with Gasteiger partial charge in [-0.2, -0.15) is 0 Å². The molecule has 2 aliphatic heterocycles. The second kappa shape index (κ2) is 8.34. The molecular formula is C22H24N4O3. The minimum Gasteiger partial charge on any atom is -0.368 e. The topological polar surface area (TPSA) is 81.8 Å². The first kappa shape index (κ1) is 19.0. The fourth-order valence-corrected chi connectivity index (χ4v) is 3.90. The average Bonchev–Trinajstić information content (AvgIpc) is 2.77. The predicted octanol–water partition coefficient (Wildman–Crippen LogP) is 1.58. The molecule has 2 aliphatic rings.